The Hall–Kier alpha value is -1.77. The fraction of sp³-hybridized carbons (Fsp3) is 0.273. The second kappa shape index (κ2) is 5.47. The first-order valence-electron chi connectivity index (χ1n) is 5.21. The summed E-state index contributed by atoms with van der Waals surface area (Å²) in [4.78, 5) is 21.8. The van der Waals surface area contributed by atoms with Crippen molar-refractivity contribution in [3.8, 4) is 0 Å². The SMILES string of the molecule is Cc1ccc(S([O])(=O)=O)cc1C(=O)[C@@H](N)CC(=O)O. The highest BCUT2D eigenvalue weighted by Crippen LogP contribution is 2.17. The quantitative estimate of drug-likeness (QED) is 0.737. The van der Waals surface area contributed by atoms with Crippen LogP contribution in [0.1, 0.15) is 22.3 Å². The van der Waals surface area contributed by atoms with Gasteiger partial charge in [0, 0.05) is 5.56 Å². The molecule has 103 valence electrons. The number of hydrogen-bond acceptors (Lipinski definition) is 5. The number of ketones is 1. The molecule has 0 spiro atoms. The van der Waals surface area contributed by atoms with Gasteiger partial charge in [-0.25, -0.2) is 0 Å². The molecule has 0 heterocycles. The predicted octanol–water partition coefficient (Wildman–Crippen LogP) is 0.0989. The molecule has 3 N–H and O–H groups in total. The van der Waals surface area contributed by atoms with E-state index in [1.807, 2.05) is 0 Å². The van der Waals surface area contributed by atoms with Gasteiger partial charge in [-0.3, -0.25) is 9.59 Å². The third-order valence-corrected chi connectivity index (χ3v) is 3.33. The second-order valence-corrected chi connectivity index (χ2v) is 5.38. The fourth-order valence-corrected chi connectivity index (χ4v) is 2.00. The zero-order valence-corrected chi connectivity index (χ0v) is 10.8. The van der Waals surface area contributed by atoms with Crippen molar-refractivity contribution >= 4 is 21.9 Å². The van der Waals surface area contributed by atoms with E-state index in [-0.39, 0.29) is 5.56 Å². The Labute approximate surface area is 109 Å². The predicted molar refractivity (Wildman–Crippen MR) is 63.6 cm³/mol. The Balaban J connectivity index is 3.20. The molecule has 0 fully saturated rings. The van der Waals surface area contributed by atoms with E-state index in [9.17, 15) is 22.6 Å². The second-order valence-electron chi connectivity index (χ2n) is 4.00. The topological polar surface area (TPSA) is 134 Å². The highest BCUT2D eigenvalue weighted by Gasteiger charge is 2.22. The zero-order chi connectivity index (χ0) is 14.8. The molecule has 8 heteroatoms. The normalized spacial score (nSPS) is 13.0. The summed E-state index contributed by atoms with van der Waals surface area (Å²) in [6.07, 6.45) is -0.577. The molecule has 1 aromatic rings. The Morgan fingerprint density at radius 3 is 2.42 bits per heavy atom. The van der Waals surface area contributed by atoms with Gasteiger partial charge < -0.3 is 10.8 Å². The lowest BCUT2D eigenvalue weighted by molar-refractivity contribution is -0.137. The number of carboxylic acids is 1. The Bertz CT molecular complexity index is 622. The van der Waals surface area contributed by atoms with Crippen LogP contribution >= 0.6 is 0 Å². The molecule has 0 bridgehead atoms. The van der Waals surface area contributed by atoms with Crippen molar-refractivity contribution in [2.45, 2.75) is 24.3 Å². The molecule has 0 saturated carbocycles. The van der Waals surface area contributed by atoms with Gasteiger partial charge >= 0.3 is 16.1 Å². The molecule has 0 aliphatic carbocycles. The number of carbonyl (C=O) groups excluding carboxylic acids is 1. The molecule has 0 aromatic heterocycles. The summed E-state index contributed by atoms with van der Waals surface area (Å²) in [6.45, 7) is 1.53. The van der Waals surface area contributed by atoms with E-state index in [0.717, 1.165) is 12.1 Å². The van der Waals surface area contributed by atoms with Gasteiger partial charge in [-0.15, -0.1) is 0 Å². The Morgan fingerprint density at radius 1 is 1.37 bits per heavy atom. The monoisotopic (exact) mass is 286 g/mol. The largest absolute Gasteiger partial charge is 0.481 e. The number of aliphatic carboxylic acids is 1. The molecule has 0 saturated heterocycles. The molecule has 1 aromatic carbocycles. The summed E-state index contributed by atoms with van der Waals surface area (Å²) in [5, 5.41) is 8.55. The first-order valence-corrected chi connectivity index (χ1v) is 6.62. The van der Waals surface area contributed by atoms with Crippen LogP contribution in [0.5, 0.6) is 0 Å². The van der Waals surface area contributed by atoms with Crippen LogP contribution in [0, 0.1) is 6.92 Å². The summed E-state index contributed by atoms with van der Waals surface area (Å²) in [5.41, 5.74) is 5.77. The number of carbonyl (C=O) groups is 2. The number of rotatable bonds is 5. The van der Waals surface area contributed by atoms with Gasteiger partial charge in [-0.2, -0.15) is 8.42 Å². The fourth-order valence-electron chi connectivity index (χ4n) is 1.50. The number of carboxylic acid groups (broad SMARTS) is 1. The van der Waals surface area contributed by atoms with Gasteiger partial charge in [0.05, 0.1) is 17.4 Å². The van der Waals surface area contributed by atoms with Crippen LogP contribution in [0.25, 0.3) is 0 Å². The molecule has 1 atom stereocenters. The van der Waals surface area contributed by atoms with Gasteiger partial charge in [0.2, 0.25) is 0 Å². The molecule has 0 unspecified atom stereocenters. The number of Topliss-reactive ketones (excluding diaryl/α,β-unsaturated/α-hetero) is 1. The van der Waals surface area contributed by atoms with Crippen molar-refractivity contribution in [3.05, 3.63) is 29.3 Å². The molecule has 0 aliphatic rings. The smallest absolute Gasteiger partial charge is 0.324 e. The first kappa shape index (κ1) is 15.3. The van der Waals surface area contributed by atoms with E-state index in [1.54, 1.807) is 0 Å². The molecular weight excluding hydrogens is 274 g/mol. The van der Waals surface area contributed by atoms with Crippen LogP contribution in [-0.2, 0) is 19.5 Å². The molecule has 0 aliphatic heterocycles. The van der Waals surface area contributed by atoms with E-state index in [4.69, 9.17) is 10.8 Å². The number of hydrogen-bond donors (Lipinski definition) is 2. The van der Waals surface area contributed by atoms with Crippen molar-refractivity contribution in [2.75, 3.05) is 0 Å². The van der Waals surface area contributed by atoms with Gasteiger partial charge in [0.15, 0.2) is 5.78 Å². The van der Waals surface area contributed by atoms with E-state index in [2.05, 4.69) is 0 Å². The average Bonchev–Trinajstić information content (AvgIpc) is 2.26. The summed E-state index contributed by atoms with van der Waals surface area (Å²) in [6, 6.07) is 2.01. The van der Waals surface area contributed by atoms with Crippen LogP contribution in [0.4, 0.5) is 0 Å². The third-order valence-electron chi connectivity index (χ3n) is 2.49. The number of nitrogens with two attached hydrogens (primary N) is 1. The Kier molecular flexibility index (Phi) is 4.40. The first-order chi connectivity index (χ1) is 8.62. The molecule has 7 nitrogen and oxygen atoms in total. The minimum absolute atomic E-state index is 0.0642. The standard InChI is InChI=1S/C11H12NO6S/c1-6-2-3-7(19(16,17)18)4-8(6)11(15)9(12)5-10(13)14/h2-4,9H,5,12H2,1H3,(H,13,14)/t9-/m0/s1. The third kappa shape index (κ3) is 3.85. The van der Waals surface area contributed by atoms with Crippen molar-refractivity contribution in [1.82, 2.24) is 0 Å². The van der Waals surface area contributed by atoms with Gasteiger partial charge in [-0.1, -0.05) is 10.6 Å². The van der Waals surface area contributed by atoms with Crippen molar-refractivity contribution in [3.63, 3.8) is 0 Å². The van der Waals surface area contributed by atoms with Crippen molar-refractivity contribution < 1.29 is 27.7 Å². The lowest BCUT2D eigenvalue weighted by Gasteiger charge is -2.11. The van der Waals surface area contributed by atoms with E-state index >= 15 is 0 Å². The minimum Gasteiger partial charge on any atom is -0.481 e. The zero-order valence-electron chi connectivity index (χ0n) is 9.99. The van der Waals surface area contributed by atoms with Crippen molar-refractivity contribution in [1.29, 1.82) is 0 Å². The average molecular weight is 286 g/mol. The van der Waals surface area contributed by atoms with Gasteiger partial charge in [-0.05, 0) is 24.6 Å². The summed E-state index contributed by atoms with van der Waals surface area (Å²) >= 11 is 0. The van der Waals surface area contributed by atoms with Crippen LogP contribution in [-0.4, -0.2) is 31.3 Å². The summed E-state index contributed by atoms with van der Waals surface area (Å²) in [7, 11) is -4.68. The van der Waals surface area contributed by atoms with Crippen molar-refractivity contribution in [2.24, 2.45) is 5.73 Å². The maximum absolute atomic E-state index is 11.9. The lowest BCUT2D eigenvalue weighted by atomic mass is 9.98. The lowest BCUT2D eigenvalue weighted by Crippen LogP contribution is -2.33. The molecular formula is C11H12NO6S. The molecule has 19 heavy (non-hydrogen) atoms. The maximum Gasteiger partial charge on any atom is 0.324 e. The van der Waals surface area contributed by atoms with E-state index in [1.165, 1.54) is 13.0 Å². The molecule has 1 rings (SSSR count). The van der Waals surface area contributed by atoms with Crippen LogP contribution in [0.3, 0.4) is 0 Å². The maximum atomic E-state index is 11.9. The summed E-state index contributed by atoms with van der Waals surface area (Å²) in [5.74, 6) is -1.96. The van der Waals surface area contributed by atoms with Gasteiger partial charge in [0.1, 0.15) is 0 Å². The highest BCUT2D eigenvalue weighted by atomic mass is 32.2. The van der Waals surface area contributed by atoms with Gasteiger partial charge in [0.25, 0.3) is 0 Å². The van der Waals surface area contributed by atoms with E-state index < -0.39 is 39.2 Å². The Morgan fingerprint density at radius 2 is 1.95 bits per heavy atom. The summed E-state index contributed by atoms with van der Waals surface area (Å²) < 4.78 is 32.6. The van der Waals surface area contributed by atoms with Crippen LogP contribution in [0.15, 0.2) is 23.1 Å². The minimum atomic E-state index is -4.68. The number of benzene rings is 1. The molecule has 1 radical (unpaired) electrons. The van der Waals surface area contributed by atoms with Crippen LogP contribution in [0.2, 0.25) is 0 Å². The highest BCUT2D eigenvalue weighted by molar-refractivity contribution is 7.85. The van der Waals surface area contributed by atoms with E-state index in [0.29, 0.717) is 5.56 Å². The molecule has 0 amide bonds. The number of aryl methyl sites for hydroxylation is 1. The van der Waals surface area contributed by atoms with Crippen LogP contribution < -0.4 is 5.73 Å².